The maximum atomic E-state index is 12.7. The smallest absolute Gasteiger partial charge is 0.308 e. The quantitative estimate of drug-likeness (QED) is 0.891. The summed E-state index contributed by atoms with van der Waals surface area (Å²) in [6.45, 7) is 0. The third-order valence-corrected chi connectivity index (χ3v) is 6.73. The number of carboxylic acid groups (broad SMARTS) is 1. The van der Waals surface area contributed by atoms with Crippen molar-refractivity contribution in [3.63, 3.8) is 0 Å². The van der Waals surface area contributed by atoms with Crippen molar-refractivity contribution in [3.8, 4) is 0 Å². The number of rotatable bonds is 4. The van der Waals surface area contributed by atoms with Gasteiger partial charge in [0.05, 0.1) is 16.1 Å². The molecule has 1 saturated carbocycles. The molecule has 2 aromatic rings. The zero-order valence-corrected chi connectivity index (χ0v) is 14.0. The van der Waals surface area contributed by atoms with Gasteiger partial charge < -0.3 is 5.11 Å². The van der Waals surface area contributed by atoms with Crippen molar-refractivity contribution in [2.45, 2.75) is 16.1 Å². The largest absolute Gasteiger partial charge is 0.481 e. The Morgan fingerprint density at radius 1 is 0.913 bits per heavy atom. The predicted molar refractivity (Wildman–Crippen MR) is 87.7 cm³/mol. The van der Waals surface area contributed by atoms with Crippen LogP contribution in [0.15, 0.2) is 53.4 Å². The summed E-state index contributed by atoms with van der Waals surface area (Å²) in [6, 6.07) is 12.3. The van der Waals surface area contributed by atoms with E-state index in [0.29, 0.717) is 15.6 Å². The fourth-order valence-corrected chi connectivity index (χ4v) is 5.20. The van der Waals surface area contributed by atoms with Crippen LogP contribution < -0.4 is 0 Å². The van der Waals surface area contributed by atoms with Gasteiger partial charge in [0, 0.05) is 16.0 Å². The molecule has 0 aromatic heterocycles. The Hall–Kier alpha value is -1.56. The molecule has 0 unspecified atom stereocenters. The lowest BCUT2D eigenvalue weighted by molar-refractivity contribution is -0.138. The summed E-state index contributed by atoms with van der Waals surface area (Å²) < 4.78 is 25.5. The molecule has 23 heavy (non-hydrogen) atoms. The van der Waals surface area contributed by atoms with Gasteiger partial charge in [-0.05, 0) is 42.0 Å². The Morgan fingerprint density at radius 3 is 1.87 bits per heavy atom. The fourth-order valence-electron chi connectivity index (χ4n) is 2.83. The van der Waals surface area contributed by atoms with E-state index < -0.39 is 32.9 Å². The van der Waals surface area contributed by atoms with Gasteiger partial charge in [0.25, 0.3) is 0 Å². The van der Waals surface area contributed by atoms with E-state index in [4.69, 9.17) is 23.2 Å². The van der Waals surface area contributed by atoms with Gasteiger partial charge in [-0.25, -0.2) is 8.42 Å². The minimum Gasteiger partial charge on any atom is -0.481 e. The lowest BCUT2D eigenvalue weighted by Gasteiger charge is -2.04. The lowest BCUT2D eigenvalue weighted by Crippen LogP contribution is -2.13. The standard InChI is InChI=1S/C16H12Cl2O4S/c17-10-3-1-9(2-4-10)13-14(16(19)20)15(13)23(21,22)12-7-5-11(18)6-8-12/h1-8,13-15H,(H,19,20)/t13-,14-,15-/m0/s1. The van der Waals surface area contributed by atoms with Gasteiger partial charge >= 0.3 is 5.97 Å². The topological polar surface area (TPSA) is 71.4 Å². The monoisotopic (exact) mass is 370 g/mol. The minimum absolute atomic E-state index is 0.0783. The van der Waals surface area contributed by atoms with E-state index in [-0.39, 0.29) is 4.90 Å². The van der Waals surface area contributed by atoms with E-state index in [1.165, 1.54) is 24.3 Å². The van der Waals surface area contributed by atoms with Crippen molar-refractivity contribution in [2.75, 3.05) is 0 Å². The Kier molecular flexibility index (Phi) is 4.12. The minimum atomic E-state index is -3.76. The fraction of sp³-hybridized carbons (Fsp3) is 0.188. The van der Waals surface area contributed by atoms with Crippen LogP contribution in [0.2, 0.25) is 10.0 Å². The van der Waals surface area contributed by atoms with E-state index in [2.05, 4.69) is 0 Å². The molecule has 1 aliphatic carbocycles. The summed E-state index contributed by atoms with van der Waals surface area (Å²) in [7, 11) is -3.76. The molecule has 3 atom stereocenters. The molecule has 1 aliphatic rings. The second kappa shape index (κ2) is 5.82. The molecule has 0 amide bonds. The second-order valence-corrected chi connectivity index (χ2v) is 8.38. The highest BCUT2D eigenvalue weighted by Gasteiger charge is 2.63. The van der Waals surface area contributed by atoms with Gasteiger partial charge in [-0.15, -0.1) is 0 Å². The summed E-state index contributed by atoms with van der Waals surface area (Å²) in [5, 5.41) is 9.30. The van der Waals surface area contributed by atoms with Gasteiger partial charge in [0.2, 0.25) is 0 Å². The molecule has 0 saturated heterocycles. The normalized spacial score (nSPS) is 23.5. The van der Waals surface area contributed by atoms with Crippen LogP contribution in [0.4, 0.5) is 0 Å². The molecule has 7 heteroatoms. The number of carboxylic acids is 1. The van der Waals surface area contributed by atoms with Crippen molar-refractivity contribution in [3.05, 3.63) is 64.1 Å². The first kappa shape index (κ1) is 16.3. The number of sulfone groups is 1. The second-order valence-electron chi connectivity index (χ2n) is 5.40. The van der Waals surface area contributed by atoms with E-state index in [1.807, 2.05) is 0 Å². The van der Waals surface area contributed by atoms with Gasteiger partial charge in [-0.3, -0.25) is 4.79 Å². The molecule has 1 N–H and O–H groups in total. The molecular formula is C16H12Cl2O4S. The van der Waals surface area contributed by atoms with E-state index in [9.17, 15) is 18.3 Å². The zero-order chi connectivity index (χ0) is 16.8. The SMILES string of the molecule is O=C(O)[C@H]1[C@H](c2ccc(Cl)cc2)[C@@H]1S(=O)(=O)c1ccc(Cl)cc1. The predicted octanol–water partition coefficient (Wildman–Crippen LogP) is 3.63. The van der Waals surface area contributed by atoms with Crippen molar-refractivity contribution in [1.82, 2.24) is 0 Å². The first-order valence-corrected chi connectivity index (χ1v) is 9.10. The maximum Gasteiger partial charge on any atom is 0.308 e. The first-order valence-electron chi connectivity index (χ1n) is 6.80. The van der Waals surface area contributed by atoms with Crippen molar-refractivity contribution in [2.24, 2.45) is 5.92 Å². The number of aliphatic carboxylic acids is 1. The summed E-state index contributed by atoms with van der Waals surface area (Å²) in [4.78, 5) is 11.5. The molecule has 3 rings (SSSR count). The summed E-state index contributed by atoms with van der Waals surface area (Å²) in [5.74, 6) is -2.66. The molecule has 0 heterocycles. The average molecular weight is 371 g/mol. The Balaban J connectivity index is 1.98. The average Bonchev–Trinajstić information content (AvgIpc) is 3.25. The Bertz CT molecular complexity index is 845. The van der Waals surface area contributed by atoms with Crippen LogP contribution in [0.25, 0.3) is 0 Å². The third-order valence-electron chi connectivity index (χ3n) is 3.99. The van der Waals surface area contributed by atoms with Crippen LogP contribution >= 0.6 is 23.2 Å². The highest BCUT2D eigenvalue weighted by Crippen LogP contribution is 2.54. The van der Waals surface area contributed by atoms with Gasteiger partial charge in [0.1, 0.15) is 0 Å². The molecule has 0 bridgehead atoms. The summed E-state index contributed by atoms with van der Waals surface area (Å²) >= 11 is 11.6. The summed E-state index contributed by atoms with van der Waals surface area (Å²) in [5.41, 5.74) is 0.657. The molecule has 0 spiro atoms. The van der Waals surface area contributed by atoms with E-state index >= 15 is 0 Å². The highest BCUT2D eigenvalue weighted by molar-refractivity contribution is 7.92. The van der Waals surface area contributed by atoms with Crippen LogP contribution in [0, 0.1) is 5.92 Å². The molecule has 120 valence electrons. The number of hydrogen-bond donors (Lipinski definition) is 1. The molecular weight excluding hydrogens is 359 g/mol. The molecule has 2 aromatic carbocycles. The van der Waals surface area contributed by atoms with Crippen LogP contribution in [-0.4, -0.2) is 24.7 Å². The first-order chi connectivity index (χ1) is 10.8. The van der Waals surface area contributed by atoms with Gasteiger partial charge in [-0.1, -0.05) is 35.3 Å². The zero-order valence-electron chi connectivity index (χ0n) is 11.7. The number of halogens is 2. The number of hydrogen-bond acceptors (Lipinski definition) is 3. The number of carbonyl (C=O) groups is 1. The molecule has 0 aliphatic heterocycles. The van der Waals surface area contributed by atoms with E-state index in [0.717, 1.165) is 0 Å². The third kappa shape index (κ3) is 2.96. The van der Waals surface area contributed by atoms with Crippen molar-refractivity contribution >= 4 is 39.0 Å². The Morgan fingerprint density at radius 2 is 1.39 bits per heavy atom. The van der Waals surface area contributed by atoms with Gasteiger partial charge in [-0.2, -0.15) is 0 Å². The molecule has 0 radical (unpaired) electrons. The van der Waals surface area contributed by atoms with Gasteiger partial charge in [0.15, 0.2) is 9.84 Å². The van der Waals surface area contributed by atoms with Crippen molar-refractivity contribution in [1.29, 1.82) is 0 Å². The highest BCUT2D eigenvalue weighted by atomic mass is 35.5. The maximum absolute atomic E-state index is 12.7. The lowest BCUT2D eigenvalue weighted by atomic mass is 10.1. The molecule has 4 nitrogen and oxygen atoms in total. The van der Waals surface area contributed by atoms with Crippen LogP contribution in [0.5, 0.6) is 0 Å². The summed E-state index contributed by atoms with van der Waals surface area (Å²) in [6.07, 6.45) is 0. The van der Waals surface area contributed by atoms with Crippen molar-refractivity contribution < 1.29 is 18.3 Å². The van der Waals surface area contributed by atoms with Crippen LogP contribution in [0.3, 0.4) is 0 Å². The number of benzene rings is 2. The Labute approximate surface area is 143 Å². The van der Waals surface area contributed by atoms with E-state index in [1.54, 1.807) is 24.3 Å². The van der Waals surface area contributed by atoms with Crippen LogP contribution in [-0.2, 0) is 14.6 Å². The molecule has 1 fully saturated rings. The van der Waals surface area contributed by atoms with Crippen LogP contribution in [0.1, 0.15) is 11.5 Å².